The highest BCUT2D eigenvalue weighted by molar-refractivity contribution is 6.33. The van der Waals surface area contributed by atoms with E-state index >= 15 is 0 Å². The maximum Gasteiger partial charge on any atom is 0.151 e. The van der Waals surface area contributed by atoms with Crippen molar-refractivity contribution < 1.29 is 4.74 Å². The first-order chi connectivity index (χ1) is 9.24. The first kappa shape index (κ1) is 11.8. The molecule has 3 nitrogen and oxygen atoms in total. The predicted octanol–water partition coefficient (Wildman–Crippen LogP) is 4.26. The number of pyridine rings is 1. The van der Waals surface area contributed by atoms with Crippen LogP contribution in [0.15, 0.2) is 54.7 Å². The van der Waals surface area contributed by atoms with Gasteiger partial charge in [-0.2, -0.15) is 0 Å². The third-order valence-corrected chi connectivity index (χ3v) is 3.14. The van der Waals surface area contributed by atoms with E-state index in [1.807, 2.05) is 30.3 Å². The monoisotopic (exact) mass is 270 g/mol. The lowest BCUT2D eigenvalue weighted by molar-refractivity contribution is 0.484. The summed E-state index contributed by atoms with van der Waals surface area (Å²) in [5, 5.41) is 1.49. The number of benzene rings is 2. The highest BCUT2D eigenvalue weighted by Gasteiger charge is 2.06. The summed E-state index contributed by atoms with van der Waals surface area (Å²) in [6, 6.07) is 15.1. The lowest BCUT2D eigenvalue weighted by Gasteiger charge is -2.09. The molecule has 0 spiro atoms. The van der Waals surface area contributed by atoms with Crippen LogP contribution in [-0.2, 0) is 0 Å². The fourth-order valence-electron chi connectivity index (χ4n) is 1.84. The van der Waals surface area contributed by atoms with Crippen LogP contribution >= 0.6 is 11.6 Å². The van der Waals surface area contributed by atoms with E-state index in [1.165, 1.54) is 0 Å². The molecule has 0 saturated carbocycles. The van der Waals surface area contributed by atoms with Crippen LogP contribution in [0.1, 0.15) is 0 Å². The van der Waals surface area contributed by atoms with Gasteiger partial charge in [0, 0.05) is 5.39 Å². The molecule has 0 atom stereocenters. The summed E-state index contributed by atoms with van der Waals surface area (Å²) >= 11 is 5.95. The van der Waals surface area contributed by atoms with Crippen LogP contribution in [0.25, 0.3) is 10.9 Å². The molecular weight excluding hydrogens is 260 g/mol. The van der Waals surface area contributed by atoms with Crippen molar-refractivity contribution in [3.63, 3.8) is 0 Å². The van der Waals surface area contributed by atoms with Gasteiger partial charge in [0.15, 0.2) is 5.75 Å². The number of nitrogen functional groups attached to an aromatic ring is 1. The number of fused-ring (bicyclic) bond motifs is 1. The molecule has 0 aliphatic heterocycles. The molecule has 3 aromatic rings. The molecule has 1 aromatic heterocycles. The SMILES string of the molecule is Nc1c(Cl)cccc1Oc1cnc2ccccc2c1. The first-order valence-electron chi connectivity index (χ1n) is 5.81. The van der Waals surface area contributed by atoms with E-state index in [9.17, 15) is 0 Å². The second-order valence-electron chi connectivity index (χ2n) is 4.12. The van der Waals surface area contributed by atoms with Crippen LogP contribution in [0.4, 0.5) is 5.69 Å². The smallest absolute Gasteiger partial charge is 0.151 e. The summed E-state index contributed by atoms with van der Waals surface area (Å²) in [4.78, 5) is 4.33. The number of halogens is 1. The van der Waals surface area contributed by atoms with Gasteiger partial charge >= 0.3 is 0 Å². The number of nitrogens with zero attached hydrogens (tertiary/aromatic N) is 1. The summed E-state index contributed by atoms with van der Waals surface area (Å²) < 4.78 is 5.73. The van der Waals surface area contributed by atoms with Crippen molar-refractivity contribution >= 4 is 28.2 Å². The van der Waals surface area contributed by atoms with Crippen molar-refractivity contribution in [1.29, 1.82) is 0 Å². The van der Waals surface area contributed by atoms with Gasteiger partial charge in [-0.1, -0.05) is 35.9 Å². The van der Waals surface area contributed by atoms with Gasteiger partial charge in [0.25, 0.3) is 0 Å². The van der Waals surface area contributed by atoms with Crippen LogP contribution in [0.5, 0.6) is 11.5 Å². The second-order valence-corrected chi connectivity index (χ2v) is 4.52. The Morgan fingerprint density at radius 3 is 2.79 bits per heavy atom. The van der Waals surface area contributed by atoms with Crippen molar-refractivity contribution in [2.75, 3.05) is 5.73 Å². The number of ether oxygens (including phenoxy) is 1. The van der Waals surface area contributed by atoms with Crippen molar-refractivity contribution in [2.45, 2.75) is 0 Å². The number of para-hydroxylation sites is 2. The Morgan fingerprint density at radius 2 is 1.89 bits per heavy atom. The zero-order chi connectivity index (χ0) is 13.2. The van der Waals surface area contributed by atoms with Crippen LogP contribution in [0.3, 0.4) is 0 Å². The predicted molar refractivity (Wildman–Crippen MR) is 77.7 cm³/mol. The van der Waals surface area contributed by atoms with Gasteiger partial charge < -0.3 is 10.5 Å². The van der Waals surface area contributed by atoms with E-state index in [0.717, 1.165) is 10.9 Å². The minimum atomic E-state index is 0.428. The number of aromatic nitrogens is 1. The highest BCUT2D eigenvalue weighted by Crippen LogP contribution is 2.33. The minimum absolute atomic E-state index is 0.428. The number of anilines is 1. The van der Waals surface area contributed by atoms with Gasteiger partial charge in [-0.15, -0.1) is 0 Å². The normalized spacial score (nSPS) is 10.6. The molecule has 3 rings (SSSR count). The zero-order valence-electron chi connectivity index (χ0n) is 10.0. The van der Waals surface area contributed by atoms with Crippen molar-refractivity contribution in [3.8, 4) is 11.5 Å². The molecule has 0 aliphatic rings. The molecule has 1 heterocycles. The lowest BCUT2D eigenvalue weighted by atomic mass is 10.2. The van der Waals surface area contributed by atoms with E-state index in [1.54, 1.807) is 24.4 Å². The van der Waals surface area contributed by atoms with Crippen LogP contribution in [0, 0.1) is 0 Å². The average molecular weight is 271 g/mol. The number of hydrogen-bond donors (Lipinski definition) is 1. The summed E-state index contributed by atoms with van der Waals surface area (Å²) in [5.74, 6) is 1.16. The van der Waals surface area contributed by atoms with Crippen LogP contribution in [0.2, 0.25) is 5.02 Å². The molecule has 0 saturated heterocycles. The van der Waals surface area contributed by atoms with Gasteiger partial charge in [0.05, 0.1) is 22.4 Å². The molecule has 0 fully saturated rings. The summed E-state index contributed by atoms with van der Waals surface area (Å²) in [5.41, 5.74) is 7.22. The van der Waals surface area contributed by atoms with E-state index in [2.05, 4.69) is 4.98 Å². The van der Waals surface area contributed by atoms with Crippen molar-refractivity contribution in [1.82, 2.24) is 4.98 Å². The fraction of sp³-hybridized carbons (Fsp3) is 0. The molecule has 2 aromatic carbocycles. The maximum atomic E-state index is 5.95. The highest BCUT2D eigenvalue weighted by atomic mass is 35.5. The molecule has 0 unspecified atom stereocenters. The van der Waals surface area contributed by atoms with Crippen LogP contribution < -0.4 is 10.5 Å². The molecule has 0 bridgehead atoms. The number of rotatable bonds is 2. The Labute approximate surface area is 115 Å². The first-order valence-corrected chi connectivity index (χ1v) is 6.18. The Balaban J connectivity index is 1.99. The minimum Gasteiger partial charge on any atom is -0.454 e. The Bertz CT molecular complexity index is 743. The Kier molecular flexibility index (Phi) is 2.97. The molecule has 0 radical (unpaired) electrons. The van der Waals surface area contributed by atoms with Gasteiger partial charge in [0.1, 0.15) is 5.75 Å². The zero-order valence-corrected chi connectivity index (χ0v) is 10.8. The maximum absolute atomic E-state index is 5.95. The quantitative estimate of drug-likeness (QED) is 0.708. The molecule has 0 aliphatic carbocycles. The third kappa shape index (κ3) is 2.33. The van der Waals surface area contributed by atoms with Gasteiger partial charge in [0.2, 0.25) is 0 Å². The van der Waals surface area contributed by atoms with Gasteiger partial charge in [-0.25, -0.2) is 0 Å². The lowest BCUT2D eigenvalue weighted by Crippen LogP contribution is -1.93. The summed E-state index contributed by atoms with van der Waals surface area (Å²) in [7, 11) is 0. The Hall–Kier alpha value is -2.26. The number of hydrogen-bond acceptors (Lipinski definition) is 3. The third-order valence-electron chi connectivity index (χ3n) is 2.81. The second kappa shape index (κ2) is 4.78. The number of nitrogens with two attached hydrogens (primary N) is 1. The largest absolute Gasteiger partial charge is 0.454 e. The molecule has 0 amide bonds. The van der Waals surface area contributed by atoms with E-state index < -0.39 is 0 Å². The topological polar surface area (TPSA) is 48.1 Å². The molecule has 4 heteroatoms. The Morgan fingerprint density at radius 1 is 1.05 bits per heavy atom. The summed E-state index contributed by atoms with van der Waals surface area (Å²) in [6.07, 6.45) is 1.67. The van der Waals surface area contributed by atoms with Crippen molar-refractivity contribution in [3.05, 3.63) is 59.8 Å². The van der Waals surface area contributed by atoms with Crippen molar-refractivity contribution in [2.24, 2.45) is 0 Å². The average Bonchev–Trinajstić information content (AvgIpc) is 2.44. The van der Waals surface area contributed by atoms with Gasteiger partial charge in [-0.3, -0.25) is 4.98 Å². The van der Waals surface area contributed by atoms with Crippen LogP contribution in [-0.4, -0.2) is 4.98 Å². The van der Waals surface area contributed by atoms with E-state index in [0.29, 0.717) is 22.2 Å². The van der Waals surface area contributed by atoms with E-state index in [-0.39, 0.29) is 0 Å². The molecule has 94 valence electrons. The van der Waals surface area contributed by atoms with E-state index in [4.69, 9.17) is 22.1 Å². The summed E-state index contributed by atoms with van der Waals surface area (Å²) in [6.45, 7) is 0. The fourth-order valence-corrected chi connectivity index (χ4v) is 2.01. The molecule has 19 heavy (non-hydrogen) atoms. The standard InChI is InChI=1S/C15H11ClN2O/c16-12-5-3-7-14(15(12)17)19-11-8-10-4-1-2-6-13(10)18-9-11/h1-9H,17H2. The molecular formula is C15H11ClN2O. The van der Waals surface area contributed by atoms with Gasteiger partial charge in [-0.05, 0) is 24.3 Å². The molecule has 2 N–H and O–H groups in total.